The molecular weight excluding hydrogens is 361 g/mol. The molecule has 100 valence electrons. The molecule has 2 nitrogen and oxygen atoms in total. The fourth-order valence-corrected chi connectivity index (χ4v) is 3.19. The molecule has 0 bridgehead atoms. The van der Waals surface area contributed by atoms with E-state index in [9.17, 15) is 4.79 Å². The zero-order valence-corrected chi connectivity index (χ0v) is 13.2. The summed E-state index contributed by atoms with van der Waals surface area (Å²) in [6.07, 6.45) is 1.81. The number of anilines is 1. The molecule has 0 aromatic heterocycles. The van der Waals surface area contributed by atoms with Gasteiger partial charge in [0.1, 0.15) is 0 Å². The Hall–Kier alpha value is -1.29. The van der Waals surface area contributed by atoms with Crippen molar-refractivity contribution in [2.24, 2.45) is 0 Å². The summed E-state index contributed by atoms with van der Waals surface area (Å²) in [5.41, 5.74) is 3.04. The minimum absolute atomic E-state index is 0.140. The maximum Gasteiger partial charge on any atom is 0.256 e. The molecule has 0 saturated heterocycles. The third kappa shape index (κ3) is 2.62. The van der Waals surface area contributed by atoms with Crippen molar-refractivity contribution in [1.29, 1.82) is 0 Å². The molecule has 1 aliphatic heterocycles. The summed E-state index contributed by atoms with van der Waals surface area (Å²) in [4.78, 5) is 12.0. The third-order valence-corrected chi connectivity index (χ3v) is 3.87. The molecule has 2 aromatic carbocycles. The van der Waals surface area contributed by atoms with E-state index in [4.69, 9.17) is 23.2 Å². The van der Waals surface area contributed by atoms with Gasteiger partial charge in [0, 0.05) is 25.7 Å². The van der Waals surface area contributed by atoms with Gasteiger partial charge in [-0.25, -0.2) is 0 Å². The van der Waals surface area contributed by atoms with Gasteiger partial charge in [-0.15, -0.1) is 0 Å². The molecule has 1 aliphatic rings. The van der Waals surface area contributed by atoms with Crippen LogP contribution in [-0.4, -0.2) is 5.91 Å². The Morgan fingerprint density at radius 1 is 1.05 bits per heavy atom. The van der Waals surface area contributed by atoms with E-state index in [2.05, 4.69) is 21.2 Å². The number of carbonyl (C=O) groups excluding carboxylic acids is 1. The predicted octanol–water partition coefficient (Wildman–Crippen LogP) is 5.25. The molecule has 0 aliphatic carbocycles. The van der Waals surface area contributed by atoms with E-state index in [0.29, 0.717) is 15.6 Å². The molecule has 0 saturated carbocycles. The van der Waals surface area contributed by atoms with Crippen LogP contribution >= 0.6 is 39.1 Å². The SMILES string of the molecule is O=C1Nc2cc(Cl)ccc2C1=Cc1cc(Cl)cc(Br)c1. The summed E-state index contributed by atoms with van der Waals surface area (Å²) >= 11 is 15.3. The van der Waals surface area contributed by atoms with Crippen LogP contribution in [0, 0.1) is 0 Å². The van der Waals surface area contributed by atoms with Gasteiger partial charge in [0.25, 0.3) is 5.91 Å². The van der Waals surface area contributed by atoms with Crippen LogP contribution < -0.4 is 5.32 Å². The normalized spacial score (nSPS) is 15.3. The number of benzene rings is 2. The zero-order valence-electron chi connectivity index (χ0n) is 10.1. The monoisotopic (exact) mass is 367 g/mol. The molecule has 2 aromatic rings. The van der Waals surface area contributed by atoms with Gasteiger partial charge >= 0.3 is 0 Å². The Bertz CT molecular complexity index is 735. The molecule has 5 heteroatoms. The van der Waals surface area contributed by atoms with Crippen molar-refractivity contribution in [3.05, 3.63) is 62.0 Å². The highest BCUT2D eigenvalue weighted by Gasteiger charge is 2.24. The first-order valence-electron chi connectivity index (χ1n) is 5.82. The third-order valence-electron chi connectivity index (χ3n) is 2.96. The van der Waals surface area contributed by atoms with Crippen molar-refractivity contribution in [1.82, 2.24) is 0 Å². The molecule has 20 heavy (non-hydrogen) atoms. The van der Waals surface area contributed by atoms with E-state index in [1.807, 2.05) is 18.2 Å². The number of nitrogens with one attached hydrogen (secondary N) is 1. The summed E-state index contributed by atoms with van der Waals surface area (Å²) in [6.45, 7) is 0. The van der Waals surface area contributed by atoms with E-state index in [0.717, 1.165) is 21.3 Å². The Morgan fingerprint density at radius 3 is 2.60 bits per heavy atom. The average molecular weight is 369 g/mol. The highest BCUT2D eigenvalue weighted by molar-refractivity contribution is 9.10. The minimum atomic E-state index is -0.140. The lowest BCUT2D eigenvalue weighted by Gasteiger charge is -2.01. The number of amides is 1. The molecule has 3 rings (SSSR count). The summed E-state index contributed by atoms with van der Waals surface area (Å²) in [5, 5.41) is 4.01. The number of fused-ring (bicyclic) bond motifs is 1. The Balaban J connectivity index is 2.11. The largest absolute Gasteiger partial charge is 0.321 e. The second-order valence-electron chi connectivity index (χ2n) is 4.40. The lowest BCUT2D eigenvalue weighted by molar-refractivity contribution is -0.110. The fraction of sp³-hybridized carbons (Fsp3) is 0. The standard InChI is InChI=1S/C15H8BrCl2NO/c16-9-3-8(4-11(18)6-9)5-13-12-2-1-10(17)7-14(12)19-15(13)20/h1-7H,(H,19,20). The maximum absolute atomic E-state index is 12.0. The lowest BCUT2D eigenvalue weighted by atomic mass is 10.0. The molecule has 0 radical (unpaired) electrons. The van der Waals surface area contributed by atoms with E-state index >= 15 is 0 Å². The Kier molecular flexibility index (Phi) is 3.59. The van der Waals surface area contributed by atoms with Gasteiger partial charge in [-0.05, 0) is 42.0 Å². The lowest BCUT2D eigenvalue weighted by Crippen LogP contribution is -2.03. The van der Waals surface area contributed by atoms with Crippen molar-refractivity contribution in [3.63, 3.8) is 0 Å². The minimum Gasteiger partial charge on any atom is -0.321 e. The molecule has 0 unspecified atom stereocenters. The van der Waals surface area contributed by atoms with Gasteiger partial charge in [0.05, 0.1) is 5.69 Å². The Labute approximate surface area is 134 Å². The van der Waals surface area contributed by atoms with E-state index in [1.54, 1.807) is 24.3 Å². The van der Waals surface area contributed by atoms with Gasteiger partial charge < -0.3 is 5.32 Å². The van der Waals surface area contributed by atoms with Crippen molar-refractivity contribution in [2.75, 3.05) is 5.32 Å². The number of hydrogen-bond donors (Lipinski definition) is 1. The van der Waals surface area contributed by atoms with E-state index in [-0.39, 0.29) is 5.91 Å². The quantitative estimate of drug-likeness (QED) is 0.684. The van der Waals surface area contributed by atoms with Crippen molar-refractivity contribution >= 4 is 62.4 Å². The smallest absolute Gasteiger partial charge is 0.256 e. The van der Waals surface area contributed by atoms with Gasteiger partial charge in [-0.3, -0.25) is 4.79 Å². The van der Waals surface area contributed by atoms with E-state index in [1.165, 1.54) is 0 Å². The first-order chi connectivity index (χ1) is 9.52. The van der Waals surface area contributed by atoms with E-state index < -0.39 is 0 Å². The molecule has 1 N–H and O–H groups in total. The van der Waals surface area contributed by atoms with Crippen LogP contribution in [0.1, 0.15) is 11.1 Å². The van der Waals surface area contributed by atoms with Gasteiger partial charge in [0.2, 0.25) is 0 Å². The molecule has 0 spiro atoms. The Morgan fingerprint density at radius 2 is 1.85 bits per heavy atom. The van der Waals surface area contributed by atoms with Crippen LogP contribution in [0.25, 0.3) is 11.6 Å². The van der Waals surface area contributed by atoms with Gasteiger partial charge in [-0.1, -0.05) is 45.2 Å². The van der Waals surface area contributed by atoms with Crippen LogP contribution in [0.2, 0.25) is 10.0 Å². The van der Waals surface area contributed by atoms with Crippen LogP contribution in [0.15, 0.2) is 40.9 Å². The molecule has 1 amide bonds. The summed E-state index contributed by atoms with van der Waals surface area (Å²) in [6, 6.07) is 10.8. The summed E-state index contributed by atoms with van der Waals surface area (Å²) in [5.74, 6) is -0.140. The summed E-state index contributed by atoms with van der Waals surface area (Å²) in [7, 11) is 0. The second kappa shape index (κ2) is 5.24. The topological polar surface area (TPSA) is 29.1 Å². The second-order valence-corrected chi connectivity index (χ2v) is 6.19. The first kappa shape index (κ1) is 13.7. The zero-order chi connectivity index (χ0) is 14.3. The number of carbonyl (C=O) groups is 1. The number of halogens is 3. The van der Waals surface area contributed by atoms with Crippen molar-refractivity contribution in [2.45, 2.75) is 0 Å². The van der Waals surface area contributed by atoms with Crippen molar-refractivity contribution < 1.29 is 4.79 Å². The van der Waals surface area contributed by atoms with Crippen LogP contribution in [0.4, 0.5) is 5.69 Å². The van der Waals surface area contributed by atoms with Crippen molar-refractivity contribution in [3.8, 4) is 0 Å². The first-order valence-corrected chi connectivity index (χ1v) is 7.37. The number of rotatable bonds is 1. The van der Waals surface area contributed by atoms with Crippen LogP contribution in [0.5, 0.6) is 0 Å². The highest BCUT2D eigenvalue weighted by atomic mass is 79.9. The highest BCUT2D eigenvalue weighted by Crippen LogP contribution is 2.35. The van der Waals surface area contributed by atoms with Crippen LogP contribution in [0.3, 0.4) is 0 Å². The molecule has 0 atom stereocenters. The molecular formula is C15H8BrCl2NO. The molecule has 1 heterocycles. The predicted molar refractivity (Wildman–Crippen MR) is 87.1 cm³/mol. The summed E-state index contributed by atoms with van der Waals surface area (Å²) < 4.78 is 0.867. The average Bonchev–Trinajstić information content (AvgIpc) is 2.64. The van der Waals surface area contributed by atoms with Gasteiger partial charge in [0.15, 0.2) is 0 Å². The van der Waals surface area contributed by atoms with Gasteiger partial charge in [-0.2, -0.15) is 0 Å². The number of hydrogen-bond acceptors (Lipinski definition) is 1. The maximum atomic E-state index is 12.0. The van der Waals surface area contributed by atoms with Crippen LogP contribution in [-0.2, 0) is 4.79 Å². The fourth-order valence-electron chi connectivity index (χ4n) is 2.14. The molecule has 0 fully saturated rings.